The highest BCUT2D eigenvalue weighted by molar-refractivity contribution is 4.89. The third-order valence-electron chi connectivity index (χ3n) is 1.01. The zero-order valence-corrected chi connectivity index (χ0v) is 5.07. The van der Waals surface area contributed by atoms with Crippen LogP contribution in [-0.2, 0) is 0 Å². The second-order valence-corrected chi connectivity index (χ2v) is 1.86. The van der Waals surface area contributed by atoms with E-state index in [1.54, 1.807) is 0 Å². The van der Waals surface area contributed by atoms with Crippen molar-refractivity contribution in [1.82, 2.24) is 0 Å². The first-order chi connectivity index (χ1) is 3.31. The maximum absolute atomic E-state index is 5.11. The molecule has 0 fully saturated rings. The van der Waals surface area contributed by atoms with Crippen molar-refractivity contribution >= 4 is 0 Å². The first-order valence-corrected chi connectivity index (χ1v) is 2.77. The average molecular weight is 96.2 g/mol. The van der Waals surface area contributed by atoms with Crippen LogP contribution in [0.15, 0.2) is 0 Å². The van der Waals surface area contributed by atoms with E-state index < -0.39 is 0 Å². The van der Waals surface area contributed by atoms with Gasteiger partial charge in [0.2, 0.25) is 0 Å². The molecule has 0 rings (SSSR count). The first-order valence-electron chi connectivity index (χ1n) is 2.77. The molecule has 0 N–H and O–H groups in total. The smallest absolute Gasteiger partial charge is 0.0171 e. The van der Waals surface area contributed by atoms with Crippen molar-refractivity contribution in [2.75, 3.05) is 0 Å². The van der Waals surface area contributed by atoms with Crippen LogP contribution in [0.3, 0.4) is 0 Å². The number of terminal acetylenes is 1. The van der Waals surface area contributed by atoms with Crippen LogP contribution >= 0.6 is 0 Å². The van der Waals surface area contributed by atoms with Gasteiger partial charge < -0.3 is 0 Å². The molecule has 0 saturated heterocycles. The van der Waals surface area contributed by atoms with Crippen molar-refractivity contribution in [3.05, 3.63) is 0 Å². The fourth-order valence-corrected chi connectivity index (χ4v) is 0.516. The topological polar surface area (TPSA) is 0 Å². The maximum Gasteiger partial charge on any atom is 0.0171 e. The highest BCUT2D eigenvalue weighted by Gasteiger charge is 1.89. The Balaban J connectivity index is 3.04. The van der Waals surface area contributed by atoms with Crippen LogP contribution in [0.1, 0.15) is 26.7 Å². The molecule has 0 aliphatic heterocycles. The van der Waals surface area contributed by atoms with Gasteiger partial charge in [0.15, 0.2) is 0 Å². The molecular formula is C7H12. The number of hydrogen-bond acceptors (Lipinski definition) is 0. The van der Waals surface area contributed by atoms with E-state index in [9.17, 15) is 0 Å². The van der Waals surface area contributed by atoms with E-state index in [1.165, 1.54) is 6.42 Å². The number of hydrogen-bond donors (Lipinski definition) is 0. The van der Waals surface area contributed by atoms with Crippen molar-refractivity contribution in [1.29, 1.82) is 0 Å². The van der Waals surface area contributed by atoms with Crippen LogP contribution in [0.2, 0.25) is 0 Å². The van der Waals surface area contributed by atoms with E-state index in [0.29, 0.717) is 5.92 Å². The molecule has 0 heteroatoms. The van der Waals surface area contributed by atoms with E-state index >= 15 is 0 Å². The molecule has 0 aliphatic carbocycles. The van der Waals surface area contributed by atoms with Gasteiger partial charge in [0.25, 0.3) is 0 Å². The molecular weight excluding hydrogens is 84.1 g/mol. The molecule has 1 atom stereocenters. The molecule has 0 aromatic heterocycles. The van der Waals surface area contributed by atoms with Crippen molar-refractivity contribution in [3.63, 3.8) is 0 Å². The Kier molecular flexibility index (Phi) is 3.50. The second-order valence-electron chi connectivity index (χ2n) is 1.86. The van der Waals surface area contributed by atoms with Gasteiger partial charge in [-0.1, -0.05) is 20.3 Å². The summed E-state index contributed by atoms with van der Waals surface area (Å²) in [7, 11) is 0. The highest BCUT2D eigenvalue weighted by Crippen LogP contribution is 2.00. The summed E-state index contributed by atoms with van der Waals surface area (Å²) >= 11 is 0. The Morgan fingerprint density at radius 2 is 2.29 bits per heavy atom. The quantitative estimate of drug-likeness (QED) is 0.461. The van der Waals surface area contributed by atoms with E-state index in [1.807, 2.05) is 0 Å². The third-order valence-corrected chi connectivity index (χ3v) is 1.01. The predicted molar refractivity (Wildman–Crippen MR) is 32.9 cm³/mol. The van der Waals surface area contributed by atoms with Crippen LogP contribution in [0, 0.1) is 18.3 Å². The van der Waals surface area contributed by atoms with Gasteiger partial charge in [-0.2, -0.15) is 0 Å². The van der Waals surface area contributed by atoms with Crippen LogP contribution in [0.4, 0.5) is 0 Å². The molecule has 0 amide bonds. The highest BCUT2D eigenvalue weighted by atomic mass is 13.9. The maximum atomic E-state index is 5.11. The predicted octanol–water partition coefficient (Wildman–Crippen LogP) is 2.06. The molecule has 0 unspecified atom stereocenters. The van der Waals surface area contributed by atoms with Crippen LogP contribution in [0.5, 0.6) is 0 Å². The molecule has 40 valence electrons. The summed E-state index contributed by atoms with van der Waals surface area (Å²) in [5.74, 6) is 3.14. The number of rotatable bonds is 2. The lowest BCUT2D eigenvalue weighted by molar-refractivity contribution is 0.654. The van der Waals surface area contributed by atoms with E-state index in [0.717, 1.165) is 6.42 Å². The molecule has 0 nitrogen and oxygen atoms in total. The molecule has 0 heterocycles. The monoisotopic (exact) mass is 96.1 g/mol. The summed E-state index contributed by atoms with van der Waals surface area (Å²) in [4.78, 5) is 0. The van der Waals surface area contributed by atoms with Crippen molar-refractivity contribution < 1.29 is 0 Å². The van der Waals surface area contributed by atoms with Gasteiger partial charge >= 0.3 is 0 Å². The minimum atomic E-state index is 0.477. The Morgan fingerprint density at radius 3 is 2.43 bits per heavy atom. The SMILES string of the molecule is C#C[C@@H](C)CCC. The van der Waals surface area contributed by atoms with Crippen molar-refractivity contribution in [3.8, 4) is 12.3 Å². The third kappa shape index (κ3) is 3.39. The lowest BCUT2D eigenvalue weighted by Crippen LogP contribution is -1.85. The molecule has 0 aliphatic rings. The van der Waals surface area contributed by atoms with Gasteiger partial charge in [0, 0.05) is 5.92 Å². The van der Waals surface area contributed by atoms with Gasteiger partial charge in [0.1, 0.15) is 0 Å². The van der Waals surface area contributed by atoms with E-state index in [-0.39, 0.29) is 0 Å². The lowest BCUT2D eigenvalue weighted by Gasteiger charge is -1.95. The standard InChI is InChI=1S/C7H12/c1-4-6-7(3)5-2/h2,7H,4,6H2,1,3H3/t7-/m1/s1. The van der Waals surface area contributed by atoms with Crippen LogP contribution < -0.4 is 0 Å². The molecule has 0 spiro atoms. The molecule has 0 radical (unpaired) electrons. The fraction of sp³-hybridized carbons (Fsp3) is 0.714. The van der Waals surface area contributed by atoms with Crippen molar-refractivity contribution in [2.24, 2.45) is 5.92 Å². The molecule has 0 saturated carbocycles. The Labute approximate surface area is 45.9 Å². The van der Waals surface area contributed by atoms with Gasteiger partial charge in [-0.3, -0.25) is 0 Å². The van der Waals surface area contributed by atoms with Crippen LogP contribution in [-0.4, -0.2) is 0 Å². The van der Waals surface area contributed by atoms with Gasteiger partial charge in [-0.15, -0.1) is 12.3 Å². The van der Waals surface area contributed by atoms with E-state index in [4.69, 9.17) is 6.42 Å². The first kappa shape index (κ1) is 6.56. The second kappa shape index (κ2) is 3.74. The Morgan fingerprint density at radius 1 is 1.71 bits per heavy atom. The summed E-state index contributed by atoms with van der Waals surface area (Å²) in [6.45, 7) is 4.22. The minimum Gasteiger partial charge on any atom is -0.120 e. The Hall–Kier alpha value is -0.440. The van der Waals surface area contributed by atoms with Crippen molar-refractivity contribution in [2.45, 2.75) is 26.7 Å². The zero-order valence-electron chi connectivity index (χ0n) is 5.07. The largest absolute Gasteiger partial charge is 0.120 e. The minimum absolute atomic E-state index is 0.477. The zero-order chi connectivity index (χ0) is 5.70. The summed E-state index contributed by atoms with van der Waals surface area (Å²) in [5, 5.41) is 0. The summed E-state index contributed by atoms with van der Waals surface area (Å²) in [5.41, 5.74) is 0. The van der Waals surface area contributed by atoms with Gasteiger partial charge in [-0.25, -0.2) is 0 Å². The molecule has 0 aromatic carbocycles. The van der Waals surface area contributed by atoms with Gasteiger partial charge in [-0.05, 0) is 6.42 Å². The average Bonchev–Trinajstić information content (AvgIpc) is 1.68. The molecule has 0 aromatic rings. The normalized spacial score (nSPS) is 12.7. The van der Waals surface area contributed by atoms with Crippen LogP contribution in [0.25, 0.3) is 0 Å². The van der Waals surface area contributed by atoms with Gasteiger partial charge in [0.05, 0.1) is 0 Å². The molecule has 0 bridgehead atoms. The lowest BCUT2D eigenvalue weighted by atomic mass is 10.1. The van der Waals surface area contributed by atoms with E-state index in [2.05, 4.69) is 19.8 Å². The summed E-state index contributed by atoms with van der Waals surface area (Å²) in [6, 6.07) is 0. The molecule has 7 heavy (non-hydrogen) atoms. The summed E-state index contributed by atoms with van der Waals surface area (Å²) < 4.78 is 0. The summed E-state index contributed by atoms with van der Waals surface area (Å²) in [6.07, 6.45) is 7.47. The Bertz CT molecular complexity index is 66.6. The fourth-order valence-electron chi connectivity index (χ4n) is 0.516.